The summed E-state index contributed by atoms with van der Waals surface area (Å²) in [4.78, 5) is 10.3. The minimum absolute atomic E-state index is 0.452. The third-order valence-electron chi connectivity index (χ3n) is 1.45. The molecule has 2 N–H and O–H groups in total. The van der Waals surface area contributed by atoms with E-state index in [0.717, 1.165) is 0 Å². The Bertz CT molecular complexity index is 279. The van der Waals surface area contributed by atoms with Crippen LogP contribution in [0.25, 0.3) is 0 Å². The van der Waals surface area contributed by atoms with Crippen LogP contribution in [0.1, 0.15) is 13.8 Å². The van der Waals surface area contributed by atoms with Crippen LogP contribution in [0.5, 0.6) is 0 Å². The molecule has 0 aliphatic carbocycles. The van der Waals surface area contributed by atoms with Gasteiger partial charge in [0.05, 0.1) is 18.4 Å². The van der Waals surface area contributed by atoms with E-state index >= 15 is 0 Å². The summed E-state index contributed by atoms with van der Waals surface area (Å²) in [7, 11) is 0. The topological polar surface area (TPSA) is 73.3 Å². The monoisotopic (exact) mass is 168 g/mol. The maximum absolute atomic E-state index is 10.3. The van der Waals surface area contributed by atoms with E-state index in [4.69, 9.17) is 5.73 Å². The first kappa shape index (κ1) is 8.70. The average Bonchev–Trinajstić information content (AvgIpc) is 2.35. The summed E-state index contributed by atoms with van der Waals surface area (Å²) in [5.74, 6) is 0. The zero-order valence-corrected chi connectivity index (χ0v) is 7.19. The molecule has 0 saturated heterocycles. The van der Waals surface area contributed by atoms with Crippen molar-refractivity contribution < 1.29 is 0 Å². The Morgan fingerprint density at radius 3 is 2.83 bits per heavy atom. The van der Waals surface area contributed by atoms with Gasteiger partial charge in [-0.15, -0.1) is 0 Å². The lowest BCUT2D eigenvalue weighted by Crippen LogP contribution is -2.23. The van der Waals surface area contributed by atoms with Crippen molar-refractivity contribution >= 4 is 5.69 Å². The highest BCUT2D eigenvalue weighted by Crippen LogP contribution is 2.11. The first-order valence-electron chi connectivity index (χ1n) is 3.66. The fraction of sp³-hybridized carbons (Fsp3) is 0.571. The quantitative estimate of drug-likeness (QED) is 0.684. The molecule has 66 valence electrons. The van der Waals surface area contributed by atoms with Gasteiger partial charge in [-0.05, 0) is 13.8 Å². The zero-order valence-electron chi connectivity index (χ0n) is 7.19. The summed E-state index contributed by atoms with van der Waals surface area (Å²) in [5, 5.41) is 6.91. The fourth-order valence-corrected chi connectivity index (χ4v) is 0.891. The Hall–Kier alpha value is -1.39. The zero-order chi connectivity index (χ0) is 9.19. The minimum Gasteiger partial charge on any atom is -0.396 e. The fourth-order valence-electron chi connectivity index (χ4n) is 0.891. The maximum atomic E-state index is 10.3. The van der Waals surface area contributed by atoms with E-state index in [-0.39, 0.29) is 0 Å². The van der Waals surface area contributed by atoms with Crippen LogP contribution in [0.15, 0.2) is 17.6 Å². The Morgan fingerprint density at radius 1 is 1.75 bits per heavy atom. The van der Waals surface area contributed by atoms with Gasteiger partial charge in [0.25, 0.3) is 0 Å². The largest absolute Gasteiger partial charge is 0.396 e. The summed E-state index contributed by atoms with van der Waals surface area (Å²) in [6.45, 7) is 3.95. The molecule has 1 aromatic heterocycles. The number of rotatable bonds is 3. The Labute approximate surface area is 70.5 Å². The smallest absolute Gasteiger partial charge is 0.116 e. The number of aromatic nitrogens is 2. The Kier molecular flexibility index (Phi) is 2.12. The third kappa shape index (κ3) is 2.05. The molecule has 0 saturated carbocycles. The molecular weight excluding hydrogens is 156 g/mol. The molecule has 0 aromatic carbocycles. The van der Waals surface area contributed by atoms with Crippen molar-refractivity contribution in [1.82, 2.24) is 9.78 Å². The van der Waals surface area contributed by atoms with Crippen molar-refractivity contribution in [2.75, 3.05) is 5.73 Å². The van der Waals surface area contributed by atoms with E-state index in [1.165, 1.54) is 0 Å². The lowest BCUT2D eigenvalue weighted by atomic mass is 10.1. The standard InChI is InChI=1S/C7H12N4O/c1-7(2,10-12)5-11-4-6(8)3-9-11/h3-4H,5,8H2,1-2H3. The molecule has 5 nitrogen and oxygen atoms in total. The van der Waals surface area contributed by atoms with Crippen LogP contribution < -0.4 is 5.73 Å². The van der Waals surface area contributed by atoms with Gasteiger partial charge in [0.15, 0.2) is 0 Å². The van der Waals surface area contributed by atoms with Crippen LogP contribution in [0, 0.1) is 4.91 Å². The van der Waals surface area contributed by atoms with E-state index in [0.29, 0.717) is 12.2 Å². The average molecular weight is 168 g/mol. The van der Waals surface area contributed by atoms with Gasteiger partial charge in [0.1, 0.15) is 5.54 Å². The van der Waals surface area contributed by atoms with Crippen LogP contribution >= 0.6 is 0 Å². The van der Waals surface area contributed by atoms with E-state index in [9.17, 15) is 4.91 Å². The molecule has 1 rings (SSSR count). The second-order valence-corrected chi connectivity index (χ2v) is 3.37. The molecule has 0 spiro atoms. The first-order chi connectivity index (χ1) is 5.53. The van der Waals surface area contributed by atoms with Crippen LogP contribution in [-0.4, -0.2) is 15.3 Å². The lowest BCUT2D eigenvalue weighted by Gasteiger charge is -2.14. The lowest BCUT2D eigenvalue weighted by molar-refractivity contribution is 0.408. The van der Waals surface area contributed by atoms with E-state index < -0.39 is 5.54 Å². The van der Waals surface area contributed by atoms with Gasteiger partial charge < -0.3 is 5.73 Å². The van der Waals surface area contributed by atoms with Gasteiger partial charge in [-0.1, -0.05) is 5.18 Å². The van der Waals surface area contributed by atoms with E-state index in [1.807, 2.05) is 0 Å². The highest BCUT2D eigenvalue weighted by atomic mass is 16.3. The predicted molar refractivity (Wildman–Crippen MR) is 46.5 cm³/mol. The molecule has 5 heteroatoms. The number of hydrogen-bond acceptors (Lipinski definition) is 4. The second kappa shape index (κ2) is 2.92. The molecule has 0 radical (unpaired) electrons. The molecule has 1 aromatic rings. The highest BCUT2D eigenvalue weighted by molar-refractivity contribution is 5.30. The molecule has 0 bridgehead atoms. The number of nitrogens with zero attached hydrogens (tertiary/aromatic N) is 3. The van der Waals surface area contributed by atoms with Crippen molar-refractivity contribution in [1.29, 1.82) is 0 Å². The molecular formula is C7H12N4O. The van der Waals surface area contributed by atoms with E-state index in [1.54, 1.807) is 30.9 Å². The van der Waals surface area contributed by atoms with Gasteiger partial charge >= 0.3 is 0 Å². The SMILES string of the molecule is CC(C)(Cn1cc(N)cn1)N=O. The van der Waals surface area contributed by atoms with E-state index in [2.05, 4.69) is 10.3 Å². The van der Waals surface area contributed by atoms with Crippen LogP contribution in [-0.2, 0) is 6.54 Å². The van der Waals surface area contributed by atoms with Crippen LogP contribution in [0.3, 0.4) is 0 Å². The molecule has 0 aliphatic rings. The Morgan fingerprint density at radius 2 is 2.42 bits per heavy atom. The van der Waals surface area contributed by atoms with Gasteiger partial charge in [0.2, 0.25) is 0 Å². The van der Waals surface area contributed by atoms with Crippen molar-refractivity contribution in [3.8, 4) is 0 Å². The number of anilines is 1. The summed E-state index contributed by atoms with van der Waals surface area (Å²) < 4.78 is 1.61. The van der Waals surface area contributed by atoms with Gasteiger partial charge in [0, 0.05) is 6.20 Å². The minimum atomic E-state index is -0.627. The molecule has 1 heterocycles. The van der Waals surface area contributed by atoms with Crippen molar-refractivity contribution in [2.45, 2.75) is 25.9 Å². The van der Waals surface area contributed by atoms with Crippen LogP contribution in [0.4, 0.5) is 5.69 Å². The molecule has 12 heavy (non-hydrogen) atoms. The summed E-state index contributed by atoms with van der Waals surface area (Å²) in [6.07, 6.45) is 3.22. The molecule has 0 atom stereocenters. The number of nitroso groups, excluding NO2 is 1. The van der Waals surface area contributed by atoms with Crippen molar-refractivity contribution in [2.24, 2.45) is 5.18 Å². The highest BCUT2D eigenvalue weighted by Gasteiger charge is 2.19. The number of hydrogen-bond donors (Lipinski definition) is 1. The van der Waals surface area contributed by atoms with Gasteiger partial charge in [-0.3, -0.25) is 4.68 Å². The van der Waals surface area contributed by atoms with Crippen molar-refractivity contribution in [3.63, 3.8) is 0 Å². The third-order valence-corrected chi connectivity index (χ3v) is 1.45. The van der Waals surface area contributed by atoms with Gasteiger partial charge in [-0.2, -0.15) is 10.0 Å². The molecule has 0 fully saturated rings. The van der Waals surface area contributed by atoms with Crippen LogP contribution in [0.2, 0.25) is 0 Å². The van der Waals surface area contributed by atoms with Gasteiger partial charge in [-0.25, -0.2) is 0 Å². The van der Waals surface area contributed by atoms with Crippen molar-refractivity contribution in [3.05, 3.63) is 17.3 Å². The molecule has 0 unspecified atom stereocenters. The summed E-state index contributed by atoms with van der Waals surface area (Å²) in [5.41, 5.74) is 5.41. The summed E-state index contributed by atoms with van der Waals surface area (Å²) >= 11 is 0. The normalized spacial score (nSPS) is 11.5. The Balaban J connectivity index is 2.69. The number of nitrogen functional groups attached to an aromatic ring is 1. The second-order valence-electron chi connectivity index (χ2n) is 3.37. The molecule has 0 amide bonds. The maximum Gasteiger partial charge on any atom is 0.116 e. The predicted octanol–water partition coefficient (Wildman–Crippen LogP) is 1.01. The summed E-state index contributed by atoms with van der Waals surface area (Å²) in [6, 6.07) is 0. The first-order valence-corrected chi connectivity index (χ1v) is 3.66. The molecule has 0 aliphatic heterocycles. The number of nitrogens with two attached hydrogens (primary N) is 1.